The zero-order valence-electron chi connectivity index (χ0n) is 11.1. The third-order valence-corrected chi connectivity index (χ3v) is 3.31. The molecule has 0 aliphatic heterocycles. The summed E-state index contributed by atoms with van der Waals surface area (Å²) in [5, 5.41) is 21.6. The standard InChI is InChI=1S/C15H11BrN2O3/c1-21-13-4-2-3-11(14(13)19)15(20)18-12-7-10(16)6-5-9(12)8-17/h2-7,19H,1H3,(H,18,20). The average molecular weight is 347 g/mol. The van der Waals surface area contributed by atoms with Crippen LogP contribution in [0.3, 0.4) is 0 Å². The summed E-state index contributed by atoms with van der Waals surface area (Å²) in [6.45, 7) is 0. The fraction of sp³-hybridized carbons (Fsp3) is 0.0667. The van der Waals surface area contributed by atoms with Crippen molar-refractivity contribution in [2.45, 2.75) is 0 Å². The van der Waals surface area contributed by atoms with Gasteiger partial charge in [0.1, 0.15) is 6.07 Å². The van der Waals surface area contributed by atoms with Gasteiger partial charge >= 0.3 is 0 Å². The van der Waals surface area contributed by atoms with Crippen molar-refractivity contribution in [1.82, 2.24) is 0 Å². The number of phenolic OH excluding ortho intramolecular Hbond substituents is 1. The predicted octanol–water partition coefficient (Wildman–Crippen LogP) is 3.29. The summed E-state index contributed by atoms with van der Waals surface area (Å²) >= 11 is 3.28. The van der Waals surface area contributed by atoms with E-state index in [1.54, 1.807) is 30.3 Å². The van der Waals surface area contributed by atoms with E-state index in [9.17, 15) is 9.90 Å². The van der Waals surface area contributed by atoms with E-state index < -0.39 is 5.91 Å². The van der Waals surface area contributed by atoms with Crippen LogP contribution in [0.4, 0.5) is 5.69 Å². The summed E-state index contributed by atoms with van der Waals surface area (Å²) in [5.74, 6) is -0.565. The van der Waals surface area contributed by atoms with Gasteiger partial charge in [-0.05, 0) is 30.3 Å². The molecule has 106 valence electrons. The largest absolute Gasteiger partial charge is 0.504 e. The number of nitriles is 1. The molecule has 2 aromatic rings. The number of nitrogens with zero attached hydrogens (tertiary/aromatic N) is 1. The molecule has 21 heavy (non-hydrogen) atoms. The molecule has 2 N–H and O–H groups in total. The molecule has 0 aliphatic carbocycles. The van der Waals surface area contributed by atoms with Gasteiger partial charge in [0.05, 0.1) is 23.9 Å². The number of amides is 1. The van der Waals surface area contributed by atoms with Crippen molar-refractivity contribution < 1.29 is 14.6 Å². The SMILES string of the molecule is COc1cccc(C(=O)Nc2cc(Br)ccc2C#N)c1O. The first kappa shape index (κ1) is 14.9. The Labute approximate surface area is 129 Å². The number of anilines is 1. The highest BCUT2D eigenvalue weighted by Gasteiger charge is 2.16. The molecule has 2 rings (SSSR count). The number of carbonyl (C=O) groups is 1. The third-order valence-electron chi connectivity index (χ3n) is 2.81. The van der Waals surface area contributed by atoms with Crippen LogP contribution in [-0.4, -0.2) is 18.1 Å². The van der Waals surface area contributed by atoms with Crippen molar-refractivity contribution >= 4 is 27.5 Å². The quantitative estimate of drug-likeness (QED) is 0.893. The van der Waals surface area contributed by atoms with Crippen molar-refractivity contribution in [2.75, 3.05) is 12.4 Å². The van der Waals surface area contributed by atoms with Crippen LogP contribution >= 0.6 is 15.9 Å². The van der Waals surface area contributed by atoms with Gasteiger partial charge in [0.25, 0.3) is 5.91 Å². The third kappa shape index (κ3) is 3.15. The van der Waals surface area contributed by atoms with Crippen LogP contribution in [0.5, 0.6) is 11.5 Å². The number of benzene rings is 2. The van der Waals surface area contributed by atoms with Gasteiger partial charge in [0.2, 0.25) is 0 Å². The minimum absolute atomic E-state index is 0.0678. The number of para-hydroxylation sites is 1. The number of carbonyl (C=O) groups excluding carboxylic acids is 1. The van der Waals surface area contributed by atoms with E-state index in [1.165, 1.54) is 13.2 Å². The fourth-order valence-corrected chi connectivity index (χ4v) is 2.14. The van der Waals surface area contributed by atoms with Gasteiger partial charge in [-0.2, -0.15) is 5.26 Å². The Morgan fingerprint density at radius 1 is 1.38 bits per heavy atom. The number of ether oxygens (including phenoxy) is 1. The molecular weight excluding hydrogens is 336 g/mol. The summed E-state index contributed by atoms with van der Waals surface area (Å²) in [7, 11) is 1.40. The highest BCUT2D eigenvalue weighted by atomic mass is 79.9. The molecule has 0 bridgehead atoms. The van der Waals surface area contributed by atoms with Gasteiger partial charge in [-0.1, -0.05) is 22.0 Å². The maximum absolute atomic E-state index is 12.2. The van der Waals surface area contributed by atoms with E-state index in [1.807, 2.05) is 6.07 Å². The lowest BCUT2D eigenvalue weighted by Gasteiger charge is -2.10. The first-order valence-corrected chi connectivity index (χ1v) is 6.73. The molecule has 0 atom stereocenters. The zero-order chi connectivity index (χ0) is 15.4. The van der Waals surface area contributed by atoms with Crippen molar-refractivity contribution in [1.29, 1.82) is 5.26 Å². The van der Waals surface area contributed by atoms with E-state index in [4.69, 9.17) is 10.00 Å². The van der Waals surface area contributed by atoms with E-state index in [0.29, 0.717) is 11.3 Å². The smallest absolute Gasteiger partial charge is 0.259 e. The summed E-state index contributed by atoms with van der Waals surface area (Å²) in [5.41, 5.74) is 0.756. The normalized spacial score (nSPS) is 9.76. The lowest BCUT2D eigenvalue weighted by atomic mass is 10.1. The molecule has 0 heterocycles. The maximum Gasteiger partial charge on any atom is 0.259 e. The number of nitrogens with one attached hydrogen (secondary N) is 1. The van der Waals surface area contributed by atoms with Crippen molar-refractivity contribution in [3.63, 3.8) is 0 Å². The molecule has 0 aromatic heterocycles. The van der Waals surface area contributed by atoms with Crippen molar-refractivity contribution in [3.05, 3.63) is 52.0 Å². The number of rotatable bonds is 3. The molecule has 0 saturated heterocycles. The predicted molar refractivity (Wildman–Crippen MR) is 81.5 cm³/mol. The lowest BCUT2D eigenvalue weighted by Crippen LogP contribution is -2.13. The summed E-state index contributed by atoms with van der Waals surface area (Å²) in [6.07, 6.45) is 0. The molecule has 0 aliphatic rings. The molecular formula is C15H11BrN2O3. The second-order valence-electron chi connectivity index (χ2n) is 4.11. The Morgan fingerprint density at radius 2 is 2.14 bits per heavy atom. The van der Waals surface area contributed by atoms with E-state index >= 15 is 0 Å². The molecule has 0 radical (unpaired) electrons. The molecule has 1 amide bonds. The van der Waals surface area contributed by atoms with Crippen molar-refractivity contribution in [2.24, 2.45) is 0 Å². The van der Waals surface area contributed by atoms with Gasteiger partial charge in [0, 0.05) is 4.47 Å². The van der Waals surface area contributed by atoms with E-state index in [0.717, 1.165) is 4.47 Å². The number of halogens is 1. The minimum atomic E-state index is -0.527. The van der Waals surface area contributed by atoms with Gasteiger partial charge in [0.15, 0.2) is 11.5 Å². The second-order valence-corrected chi connectivity index (χ2v) is 5.03. The first-order chi connectivity index (χ1) is 10.1. The average Bonchev–Trinajstić information content (AvgIpc) is 2.47. The number of phenols is 1. The lowest BCUT2D eigenvalue weighted by molar-refractivity contribution is 0.102. The topological polar surface area (TPSA) is 82.3 Å². The van der Waals surface area contributed by atoms with E-state index in [-0.39, 0.29) is 17.1 Å². The summed E-state index contributed by atoms with van der Waals surface area (Å²) in [6, 6.07) is 11.5. The Bertz CT molecular complexity index is 738. The Balaban J connectivity index is 2.35. The summed E-state index contributed by atoms with van der Waals surface area (Å²) < 4.78 is 5.69. The molecule has 0 saturated carbocycles. The van der Waals surface area contributed by atoms with Gasteiger partial charge in [-0.15, -0.1) is 0 Å². The Kier molecular flexibility index (Phi) is 4.45. The van der Waals surface area contributed by atoms with Crippen LogP contribution in [-0.2, 0) is 0 Å². The van der Waals surface area contributed by atoms with Crippen molar-refractivity contribution in [3.8, 4) is 17.6 Å². The molecule has 0 spiro atoms. The van der Waals surface area contributed by atoms with Gasteiger partial charge < -0.3 is 15.2 Å². The van der Waals surface area contributed by atoms with E-state index in [2.05, 4.69) is 21.2 Å². The molecule has 0 fully saturated rings. The van der Waals surface area contributed by atoms with Crippen LogP contribution in [0.25, 0.3) is 0 Å². The molecule has 5 nitrogen and oxygen atoms in total. The highest BCUT2D eigenvalue weighted by Crippen LogP contribution is 2.30. The van der Waals surface area contributed by atoms with Crippen LogP contribution in [0, 0.1) is 11.3 Å². The fourth-order valence-electron chi connectivity index (χ4n) is 1.78. The second kappa shape index (κ2) is 6.29. The number of hydrogen-bond donors (Lipinski definition) is 2. The van der Waals surface area contributed by atoms with Gasteiger partial charge in [-0.25, -0.2) is 0 Å². The Hall–Kier alpha value is -2.52. The highest BCUT2D eigenvalue weighted by molar-refractivity contribution is 9.10. The molecule has 2 aromatic carbocycles. The maximum atomic E-state index is 12.2. The number of aromatic hydroxyl groups is 1. The monoisotopic (exact) mass is 346 g/mol. The van der Waals surface area contributed by atoms with Crippen LogP contribution < -0.4 is 10.1 Å². The minimum Gasteiger partial charge on any atom is -0.504 e. The van der Waals surface area contributed by atoms with Crippen LogP contribution in [0.15, 0.2) is 40.9 Å². The van der Waals surface area contributed by atoms with Crippen LogP contribution in [0.2, 0.25) is 0 Å². The first-order valence-electron chi connectivity index (χ1n) is 5.93. The Morgan fingerprint density at radius 3 is 2.81 bits per heavy atom. The zero-order valence-corrected chi connectivity index (χ0v) is 12.6. The summed E-state index contributed by atoms with van der Waals surface area (Å²) in [4.78, 5) is 12.2. The number of methoxy groups -OCH3 is 1. The molecule has 6 heteroatoms. The van der Waals surface area contributed by atoms with Gasteiger partial charge in [-0.3, -0.25) is 4.79 Å². The molecule has 0 unspecified atom stereocenters. The number of hydrogen-bond acceptors (Lipinski definition) is 4. The van der Waals surface area contributed by atoms with Crippen LogP contribution in [0.1, 0.15) is 15.9 Å².